The SMILES string of the molecule is CCC(CC)C(O)CNC(c1ccc(F)cn1)C(C)C. The summed E-state index contributed by atoms with van der Waals surface area (Å²) >= 11 is 0. The summed E-state index contributed by atoms with van der Waals surface area (Å²) in [7, 11) is 0. The van der Waals surface area contributed by atoms with Crippen molar-refractivity contribution in [2.45, 2.75) is 52.7 Å². The summed E-state index contributed by atoms with van der Waals surface area (Å²) in [5.41, 5.74) is 0.818. The van der Waals surface area contributed by atoms with Gasteiger partial charge in [-0.1, -0.05) is 40.5 Å². The monoisotopic (exact) mass is 282 g/mol. The van der Waals surface area contributed by atoms with Crippen molar-refractivity contribution in [2.24, 2.45) is 11.8 Å². The zero-order chi connectivity index (χ0) is 15.1. The van der Waals surface area contributed by atoms with E-state index in [1.807, 2.05) is 0 Å². The van der Waals surface area contributed by atoms with E-state index in [-0.39, 0.29) is 18.0 Å². The number of pyridine rings is 1. The van der Waals surface area contributed by atoms with Crippen LogP contribution in [0.1, 0.15) is 52.3 Å². The highest BCUT2D eigenvalue weighted by Gasteiger charge is 2.21. The predicted molar refractivity (Wildman–Crippen MR) is 79.9 cm³/mol. The Morgan fingerprint density at radius 3 is 2.35 bits per heavy atom. The maximum atomic E-state index is 12.9. The maximum Gasteiger partial charge on any atom is 0.141 e. The summed E-state index contributed by atoms with van der Waals surface area (Å²) in [5, 5.41) is 13.6. The molecule has 0 amide bonds. The van der Waals surface area contributed by atoms with Gasteiger partial charge < -0.3 is 10.4 Å². The Kier molecular flexibility index (Phi) is 7.10. The first-order valence-corrected chi connectivity index (χ1v) is 7.52. The highest BCUT2D eigenvalue weighted by atomic mass is 19.1. The van der Waals surface area contributed by atoms with Crippen LogP contribution in [0, 0.1) is 17.7 Å². The smallest absolute Gasteiger partial charge is 0.141 e. The van der Waals surface area contributed by atoms with Gasteiger partial charge in [0.25, 0.3) is 0 Å². The van der Waals surface area contributed by atoms with E-state index in [0.29, 0.717) is 18.4 Å². The van der Waals surface area contributed by atoms with Gasteiger partial charge in [-0.05, 0) is 24.0 Å². The van der Waals surface area contributed by atoms with Crippen LogP contribution in [0.5, 0.6) is 0 Å². The lowest BCUT2D eigenvalue weighted by atomic mass is 9.95. The van der Waals surface area contributed by atoms with E-state index in [2.05, 4.69) is 38.0 Å². The van der Waals surface area contributed by atoms with Crippen molar-refractivity contribution in [2.75, 3.05) is 6.54 Å². The van der Waals surface area contributed by atoms with Crippen LogP contribution in [-0.4, -0.2) is 22.7 Å². The van der Waals surface area contributed by atoms with Crippen LogP contribution in [-0.2, 0) is 0 Å². The molecule has 2 atom stereocenters. The highest BCUT2D eigenvalue weighted by Crippen LogP contribution is 2.21. The third kappa shape index (κ3) is 4.84. The van der Waals surface area contributed by atoms with Crippen molar-refractivity contribution in [1.29, 1.82) is 0 Å². The first-order valence-electron chi connectivity index (χ1n) is 7.52. The van der Waals surface area contributed by atoms with Crippen LogP contribution in [0.15, 0.2) is 18.3 Å². The molecule has 20 heavy (non-hydrogen) atoms. The first kappa shape index (κ1) is 17.1. The predicted octanol–water partition coefficient (Wildman–Crippen LogP) is 3.30. The van der Waals surface area contributed by atoms with E-state index < -0.39 is 0 Å². The van der Waals surface area contributed by atoms with Crippen molar-refractivity contribution in [3.8, 4) is 0 Å². The summed E-state index contributed by atoms with van der Waals surface area (Å²) in [6.07, 6.45) is 2.83. The van der Waals surface area contributed by atoms with Crippen LogP contribution >= 0.6 is 0 Å². The third-order valence-electron chi connectivity index (χ3n) is 3.88. The molecule has 1 aromatic heterocycles. The topological polar surface area (TPSA) is 45.1 Å². The molecule has 0 saturated carbocycles. The highest BCUT2D eigenvalue weighted by molar-refractivity contribution is 5.10. The van der Waals surface area contributed by atoms with E-state index in [1.165, 1.54) is 12.3 Å². The Hall–Kier alpha value is -1.00. The van der Waals surface area contributed by atoms with Crippen molar-refractivity contribution in [3.63, 3.8) is 0 Å². The molecule has 3 nitrogen and oxygen atoms in total. The number of hydrogen-bond donors (Lipinski definition) is 2. The molecule has 0 fully saturated rings. The average molecular weight is 282 g/mol. The second-order valence-electron chi connectivity index (χ2n) is 5.68. The lowest BCUT2D eigenvalue weighted by molar-refractivity contribution is 0.0959. The van der Waals surface area contributed by atoms with Crippen LogP contribution in [0.25, 0.3) is 0 Å². The quantitative estimate of drug-likeness (QED) is 0.769. The fourth-order valence-electron chi connectivity index (χ4n) is 2.50. The second-order valence-corrected chi connectivity index (χ2v) is 5.68. The number of rotatable bonds is 8. The molecule has 0 aliphatic carbocycles. The molecule has 0 saturated heterocycles. The Morgan fingerprint density at radius 1 is 1.25 bits per heavy atom. The molecule has 0 aliphatic rings. The Morgan fingerprint density at radius 2 is 1.90 bits per heavy atom. The molecular formula is C16H27FN2O. The van der Waals surface area contributed by atoms with Crippen LogP contribution in [0.2, 0.25) is 0 Å². The van der Waals surface area contributed by atoms with E-state index >= 15 is 0 Å². The molecule has 4 heteroatoms. The standard InChI is InChI=1S/C16H27FN2O/c1-5-12(6-2)15(20)10-19-16(11(3)4)14-8-7-13(17)9-18-14/h7-9,11-12,15-16,19-20H,5-6,10H2,1-4H3. The Bertz CT molecular complexity index is 377. The molecule has 0 aliphatic heterocycles. The average Bonchev–Trinajstić information content (AvgIpc) is 2.42. The second kappa shape index (κ2) is 8.32. The molecule has 1 heterocycles. The number of nitrogens with one attached hydrogen (secondary N) is 1. The number of aliphatic hydroxyl groups excluding tert-OH is 1. The summed E-state index contributed by atoms with van der Waals surface area (Å²) < 4.78 is 12.9. The zero-order valence-corrected chi connectivity index (χ0v) is 12.9. The van der Waals surface area contributed by atoms with Gasteiger partial charge >= 0.3 is 0 Å². The lowest BCUT2D eigenvalue weighted by Gasteiger charge is -2.26. The third-order valence-corrected chi connectivity index (χ3v) is 3.88. The Balaban J connectivity index is 2.66. The Labute approximate surface area is 121 Å². The van der Waals surface area contributed by atoms with E-state index in [1.54, 1.807) is 6.07 Å². The zero-order valence-electron chi connectivity index (χ0n) is 12.9. The minimum atomic E-state index is -0.355. The molecular weight excluding hydrogens is 255 g/mol. The van der Waals surface area contributed by atoms with Crippen LogP contribution in [0.3, 0.4) is 0 Å². The molecule has 0 radical (unpaired) electrons. The van der Waals surface area contributed by atoms with Gasteiger partial charge in [-0.3, -0.25) is 4.98 Å². The summed E-state index contributed by atoms with van der Waals surface area (Å²) in [4.78, 5) is 4.14. The molecule has 0 aromatic carbocycles. The maximum absolute atomic E-state index is 12.9. The number of aromatic nitrogens is 1. The van der Waals surface area contributed by atoms with E-state index in [4.69, 9.17) is 0 Å². The van der Waals surface area contributed by atoms with E-state index in [9.17, 15) is 9.50 Å². The van der Waals surface area contributed by atoms with Gasteiger partial charge in [0.05, 0.1) is 24.0 Å². The summed E-state index contributed by atoms with van der Waals surface area (Å²) in [5.74, 6) is 0.312. The molecule has 2 unspecified atom stereocenters. The van der Waals surface area contributed by atoms with Gasteiger partial charge in [0.1, 0.15) is 5.82 Å². The minimum absolute atomic E-state index is 0.0274. The van der Waals surface area contributed by atoms with Crippen molar-refractivity contribution < 1.29 is 9.50 Å². The van der Waals surface area contributed by atoms with Crippen LogP contribution < -0.4 is 5.32 Å². The molecule has 2 N–H and O–H groups in total. The van der Waals surface area contributed by atoms with E-state index in [0.717, 1.165) is 18.5 Å². The van der Waals surface area contributed by atoms with Gasteiger partial charge in [0, 0.05) is 6.54 Å². The van der Waals surface area contributed by atoms with Crippen molar-refractivity contribution in [1.82, 2.24) is 10.3 Å². The molecule has 0 spiro atoms. The van der Waals surface area contributed by atoms with Crippen molar-refractivity contribution in [3.05, 3.63) is 29.8 Å². The molecule has 114 valence electrons. The number of aliphatic hydroxyl groups is 1. The van der Waals surface area contributed by atoms with Gasteiger partial charge in [-0.2, -0.15) is 0 Å². The summed E-state index contributed by atoms with van der Waals surface area (Å²) in [6.45, 7) is 8.91. The van der Waals surface area contributed by atoms with Gasteiger partial charge in [0.15, 0.2) is 0 Å². The fourth-order valence-corrected chi connectivity index (χ4v) is 2.50. The molecule has 1 rings (SSSR count). The van der Waals surface area contributed by atoms with Gasteiger partial charge in [0.2, 0.25) is 0 Å². The van der Waals surface area contributed by atoms with Gasteiger partial charge in [-0.15, -0.1) is 0 Å². The largest absolute Gasteiger partial charge is 0.392 e. The fraction of sp³-hybridized carbons (Fsp3) is 0.688. The van der Waals surface area contributed by atoms with Crippen molar-refractivity contribution >= 4 is 0 Å². The molecule has 0 bridgehead atoms. The number of halogens is 1. The number of hydrogen-bond acceptors (Lipinski definition) is 3. The van der Waals surface area contributed by atoms with Gasteiger partial charge in [-0.25, -0.2) is 4.39 Å². The molecule has 1 aromatic rings. The number of nitrogens with zero attached hydrogens (tertiary/aromatic N) is 1. The minimum Gasteiger partial charge on any atom is -0.392 e. The normalized spacial score (nSPS) is 14.8. The lowest BCUT2D eigenvalue weighted by Crippen LogP contribution is -2.36. The summed E-state index contributed by atoms with van der Waals surface area (Å²) in [6, 6.07) is 3.16. The first-order chi connectivity index (χ1) is 9.49. The van der Waals surface area contributed by atoms with Crippen LogP contribution in [0.4, 0.5) is 4.39 Å².